The lowest BCUT2D eigenvalue weighted by atomic mass is 10.1. The Labute approximate surface area is 81.3 Å². The molecule has 0 fully saturated rings. The predicted molar refractivity (Wildman–Crippen MR) is 53.2 cm³/mol. The largest absolute Gasteiger partial charge is 0.361 e. The highest BCUT2D eigenvalue weighted by Crippen LogP contribution is 2.05. The summed E-state index contributed by atoms with van der Waals surface area (Å²) in [6.45, 7) is 0. The van der Waals surface area contributed by atoms with Gasteiger partial charge in [0.25, 0.3) is 0 Å². The van der Waals surface area contributed by atoms with E-state index >= 15 is 0 Å². The Morgan fingerprint density at radius 2 is 2.29 bits per heavy atom. The smallest absolute Gasteiger partial charge is 0.323 e. The molecule has 1 aromatic heterocycles. The molecule has 0 aromatic carbocycles. The molecule has 0 unspecified atom stereocenters. The van der Waals surface area contributed by atoms with E-state index in [1.807, 2.05) is 24.3 Å². The third kappa shape index (κ3) is 1.51. The van der Waals surface area contributed by atoms with E-state index in [0.717, 1.165) is 5.69 Å². The fourth-order valence-corrected chi connectivity index (χ4v) is 1.27. The van der Waals surface area contributed by atoms with Crippen molar-refractivity contribution in [2.45, 2.75) is 6.42 Å². The lowest BCUT2D eigenvalue weighted by molar-refractivity contribution is -0.00360. The van der Waals surface area contributed by atoms with Crippen molar-refractivity contribution in [2.24, 2.45) is 4.99 Å². The molecule has 1 aromatic rings. The van der Waals surface area contributed by atoms with Gasteiger partial charge in [0, 0.05) is 12.4 Å². The Hall–Kier alpha value is -2.06. The molecule has 0 amide bonds. The summed E-state index contributed by atoms with van der Waals surface area (Å²) in [6.07, 6.45) is 5.80. The Bertz CT molecular complexity index is 438. The number of hydrogen-bond donors (Lipinski definition) is 0. The number of allylic oxidation sites excluding steroid dienone is 1. The highest BCUT2D eigenvalue weighted by molar-refractivity contribution is 6.46. The molecule has 1 aliphatic heterocycles. The van der Waals surface area contributed by atoms with E-state index in [0.29, 0.717) is 17.8 Å². The average molecular weight is 184 g/mol. The molecule has 0 saturated carbocycles. The van der Waals surface area contributed by atoms with Gasteiger partial charge in [-0.25, -0.2) is 4.99 Å². The van der Waals surface area contributed by atoms with Gasteiger partial charge in [0.1, 0.15) is 0 Å². The van der Waals surface area contributed by atoms with Crippen LogP contribution in [0.2, 0.25) is 0 Å². The molecule has 0 aliphatic carbocycles. The summed E-state index contributed by atoms with van der Waals surface area (Å²) in [5.41, 5.74) is 10.7. The topological polar surface area (TPSA) is 61.7 Å². The summed E-state index contributed by atoms with van der Waals surface area (Å²) in [6, 6.07) is 5.54. The first-order valence-corrected chi connectivity index (χ1v) is 4.27. The van der Waals surface area contributed by atoms with E-state index in [9.17, 15) is 0 Å². The summed E-state index contributed by atoms with van der Waals surface area (Å²) < 4.78 is 0. The minimum atomic E-state index is 0.547. The van der Waals surface area contributed by atoms with Crippen LogP contribution in [0.15, 0.2) is 41.7 Å². The molecule has 0 N–H and O–H groups in total. The first-order chi connectivity index (χ1) is 6.92. The van der Waals surface area contributed by atoms with Crippen molar-refractivity contribution in [1.82, 2.24) is 4.98 Å². The van der Waals surface area contributed by atoms with Crippen molar-refractivity contribution in [1.29, 1.82) is 0 Å². The molecular weight excluding hydrogens is 176 g/mol. The third-order valence-electron chi connectivity index (χ3n) is 1.92. The van der Waals surface area contributed by atoms with Crippen molar-refractivity contribution in [3.63, 3.8) is 0 Å². The first-order valence-electron chi connectivity index (χ1n) is 4.27. The number of nitrogens with zero attached hydrogens (tertiary/aromatic N) is 4. The molecule has 14 heavy (non-hydrogen) atoms. The van der Waals surface area contributed by atoms with Crippen LogP contribution in [0.3, 0.4) is 0 Å². The Morgan fingerprint density at radius 3 is 3.00 bits per heavy atom. The normalized spacial score (nSPS) is 14.9. The number of aliphatic imine (C=N–C) groups is 1. The van der Waals surface area contributed by atoms with Crippen LogP contribution in [0.1, 0.15) is 12.1 Å². The fraction of sp³-hybridized carbons (Fsp3) is 0.100. The fourth-order valence-electron chi connectivity index (χ4n) is 1.27. The second kappa shape index (κ2) is 3.77. The van der Waals surface area contributed by atoms with E-state index in [1.54, 1.807) is 12.4 Å². The van der Waals surface area contributed by atoms with Crippen LogP contribution < -0.4 is 0 Å². The van der Waals surface area contributed by atoms with Gasteiger partial charge in [-0.05, 0) is 12.1 Å². The van der Waals surface area contributed by atoms with Crippen molar-refractivity contribution in [3.8, 4) is 0 Å². The van der Waals surface area contributed by atoms with E-state index in [4.69, 9.17) is 5.53 Å². The molecule has 0 saturated heterocycles. The molecule has 4 nitrogen and oxygen atoms in total. The molecule has 0 radical (unpaired) electrons. The zero-order chi connectivity index (χ0) is 9.80. The number of hydrogen-bond acceptors (Lipinski definition) is 2. The Balaban J connectivity index is 2.48. The zero-order valence-electron chi connectivity index (χ0n) is 7.46. The van der Waals surface area contributed by atoms with Crippen LogP contribution >= 0.6 is 0 Å². The van der Waals surface area contributed by atoms with Gasteiger partial charge >= 0.3 is 5.71 Å². The monoisotopic (exact) mass is 184 g/mol. The number of rotatable bonds is 1. The Morgan fingerprint density at radius 1 is 1.36 bits per heavy atom. The molecule has 1 aliphatic rings. The summed E-state index contributed by atoms with van der Waals surface area (Å²) in [7, 11) is 0. The van der Waals surface area contributed by atoms with Gasteiger partial charge in [0.15, 0.2) is 5.71 Å². The van der Waals surface area contributed by atoms with Crippen LogP contribution in [0, 0.1) is 0 Å². The summed E-state index contributed by atoms with van der Waals surface area (Å²) in [4.78, 5) is 11.5. The molecule has 0 bridgehead atoms. The predicted octanol–water partition coefficient (Wildman–Crippen LogP) is 1.46. The van der Waals surface area contributed by atoms with Crippen molar-refractivity contribution >= 4 is 11.4 Å². The molecular formula is C10H8N4. The Kier molecular flexibility index (Phi) is 2.30. The highest BCUT2D eigenvalue weighted by atomic mass is 14.9. The molecule has 68 valence electrons. The standard InChI is InChI=1S/C10H8N4/c11-14-9-5-3-7-13-10(9)8-4-1-2-6-12-8/h1-4,6-7H,5H2. The van der Waals surface area contributed by atoms with Gasteiger partial charge in [-0.2, -0.15) is 4.79 Å². The second-order valence-corrected chi connectivity index (χ2v) is 2.83. The molecule has 2 heterocycles. The minimum Gasteiger partial charge on any atom is -0.361 e. The highest BCUT2D eigenvalue weighted by Gasteiger charge is 2.20. The van der Waals surface area contributed by atoms with Crippen LogP contribution in [-0.2, 0) is 0 Å². The van der Waals surface area contributed by atoms with Gasteiger partial charge in [0.05, 0.1) is 12.1 Å². The maximum atomic E-state index is 8.77. The lowest BCUT2D eigenvalue weighted by Gasteiger charge is -2.01. The lowest BCUT2D eigenvalue weighted by Crippen LogP contribution is -2.19. The van der Waals surface area contributed by atoms with E-state index in [1.165, 1.54) is 0 Å². The quantitative estimate of drug-likeness (QED) is 0.481. The van der Waals surface area contributed by atoms with Crippen LogP contribution in [0.25, 0.3) is 5.53 Å². The van der Waals surface area contributed by atoms with Gasteiger partial charge in [-0.15, -0.1) is 0 Å². The van der Waals surface area contributed by atoms with Gasteiger partial charge in [-0.1, -0.05) is 12.1 Å². The van der Waals surface area contributed by atoms with Crippen LogP contribution in [0.4, 0.5) is 0 Å². The maximum absolute atomic E-state index is 8.77. The zero-order valence-corrected chi connectivity index (χ0v) is 7.46. The molecule has 4 heteroatoms. The van der Waals surface area contributed by atoms with Crippen molar-refractivity contribution < 1.29 is 4.79 Å². The second-order valence-electron chi connectivity index (χ2n) is 2.83. The number of aromatic nitrogens is 1. The summed E-state index contributed by atoms with van der Waals surface area (Å²) in [5.74, 6) is 0. The first kappa shape index (κ1) is 8.53. The van der Waals surface area contributed by atoms with E-state index < -0.39 is 0 Å². The van der Waals surface area contributed by atoms with E-state index in [2.05, 4.69) is 14.8 Å². The summed E-state index contributed by atoms with van der Waals surface area (Å²) in [5, 5.41) is 0. The number of pyridine rings is 1. The molecule has 0 spiro atoms. The average Bonchev–Trinajstić information content (AvgIpc) is 2.30. The van der Waals surface area contributed by atoms with Crippen LogP contribution in [-0.4, -0.2) is 21.2 Å². The van der Waals surface area contributed by atoms with Crippen molar-refractivity contribution in [2.75, 3.05) is 0 Å². The van der Waals surface area contributed by atoms with E-state index in [-0.39, 0.29) is 0 Å². The van der Waals surface area contributed by atoms with Gasteiger partial charge in [-0.3, -0.25) is 4.98 Å². The van der Waals surface area contributed by atoms with Crippen molar-refractivity contribution in [3.05, 3.63) is 47.9 Å². The van der Waals surface area contributed by atoms with Crippen LogP contribution in [0.5, 0.6) is 0 Å². The molecule has 0 atom stereocenters. The van der Waals surface area contributed by atoms with Gasteiger partial charge in [0.2, 0.25) is 0 Å². The maximum Gasteiger partial charge on any atom is 0.323 e. The minimum absolute atomic E-state index is 0.547. The SMILES string of the molecule is [N-]=[N+]=C1CC=CN=C1c1ccccn1. The summed E-state index contributed by atoms with van der Waals surface area (Å²) >= 11 is 0. The van der Waals surface area contributed by atoms with Gasteiger partial charge < -0.3 is 5.53 Å². The third-order valence-corrected chi connectivity index (χ3v) is 1.92. The molecule has 2 rings (SSSR count).